The second-order valence-electron chi connectivity index (χ2n) is 7.49. The first-order valence-electron chi connectivity index (χ1n) is 8.10. The van der Waals surface area contributed by atoms with Gasteiger partial charge in [0.1, 0.15) is 0 Å². The molecule has 1 aromatic carbocycles. The fraction of sp³-hybridized carbons (Fsp3) is 0.588. The standard InChI is InChI=1S/C17H24BNO4/c1-16(2)17(3,4)23-18(22-16)14-11-19(15(20)21)10-13(14)12-8-6-5-7-9-12/h5-9,13-14H,10-11H2,1-4H3,(H,20,21). The van der Waals surface area contributed by atoms with E-state index < -0.39 is 24.4 Å². The smallest absolute Gasteiger partial charge is 0.463 e. The molecule has 1 aromatic rings. The largest absolute Gasteiger partial charge is 0.465 e. The number of carbonyl (C=O) groups is 1. The quantitative estimate of drug-likeness (QED) is 0.851. The van der Waals surface area contributed by atoms with Crippen LogP contribution in [0.2, 0.25) is 5.82 Å². The van der Waals surface area contributed by atoms with Crippen molar-refractivity contribution in [2.75, 3.05) is 13.1 Å². The minimum absolute atomic E-state index is 0.00505. The summed E-state index contributed by atoms with van der Waals surface area (Å²) in [6, 6.07) is 10.0. The summed E-state index contributed by atoms with van der Waals surface area (Å²) in [7, 11) is -0.394. The highest BCUT2D eigenvalue weighted by Crippen LogP contribution is 2.46. The van der Waals surface area contributed by atoms with Crippen LogP contribution in [-0.2, 0) is 9.31 Å². The van der Waals surface area contributed by atoms with Crippen molar-refractivity contribution in [3.8, 4) is 0 Å². The van der Waals surface area contributed by atoms with Gasteiger partial charge in [-0.3, -0.25) is 0 Å². The Morgan fingerprint density at radius 2 is 1.70 bits per heavy atom. The number of carboxylic acid groups (broad SMARTS) is 1. The third-order valence-electron chi connectivity index (χ3n) is 5.48. The van der Waals surface area contributed by atoms with Crippen molar-refractivity contribution in [2.24, 2.45) is 0 Å². The summed E-state index contributed by atoms with van der Waals surface area (Å²) in [5, 5.41) is 9.39. The van der Waals surface area contributed by atoms with Gasteiger partial charge in [-0.25, -0.2) is 4.79 Å². The Morgan fingerprint density at radius 1 is 1.13 bits per heavy atom. The first kappa shape index (κ1) is 16.3. The molecule has 2 aliphatic heterocycles. The molecule has 2 atom stereocenters. The van der Waals surface area contributed by atoms with Gasteiger partial charge in [-0.1, -0.05) is 30.3 Å². The lowest BCUT2D eigenvalue weighted by atomic mass is 9.65. The highest BCUT2D eigenvalue weighted by molar-refractivity contribution is 6.48. The zero-order chi connectivity index (χ0) is 16.8. The average Bonchev–Trinajstić information content (AvgIpc) is 3.00. The highest BCUT2D eigenvalue weighted by Gasteiger charge is 2.57. The van der Waals surface area contributed by atoms with Crippen LogP contribution in [0.3, 0.4) is 0 Å². The average molecular weight is 317 g/mol. The first-order valence-corrected chi connectivity index (χ1v) is 8.10. The van der Waals surface area contributed by atoms with E-state index in [2.05, 4.69) is 0 Å². The molecule has 0 saturated carbocycles. The van der Waals surface area contributed by atoms with Crippen LogP contribution in [-0.4, -0.2) is 47.5 Å². The van der Waals surface area contributed by atoms with Gasteiger partial charge in [-0.15, -0.1) is 0 Å². The number of likely N-dealkylation sites (tertiary alicyclic amines) is 1. The fourth-order valence-electron chi connectivity index (χ4n) is 3.38. The Bertz CT molecular complexity index is 574. The molecule has 2 unspecified atom stereocenters. The Hall–Kier alpha value is -1.53. The third-order valence-corrected chi connectivity index (χ3v) is 5.48. The molecule has 0 aromatic heterocycles. The third kappa shape index (κ3) is 2.86. The van der Waals surface area contributed by atoms with Crippen LogP contribution in [0.5, 0.6) is 0 Å². The molecule has 3 rings (SSSR count). The molecule has 1 amide bonds. The summed E-state index contributed by atoms with van der Waals surface area (Å²) < 4.78 is 12.4. The second-order valence-corrected chi connectivity index (χ2v) is 7.49. The minimum Gasteiger partial charge on any atom is -0.465 e. The maximum atomic E-state index is 11.4. The van der Waals surface area contributed by atoms with E-state index in [0.29, 0.717) is 13.1 Å². The lowest BCUT2D eigenvalue weighted by Gasteiger charge is -2.32. The van der Waals surface area contributed by atoms with Crippen LogP contribution < -0.4 is 0 Å². The van der Waals surface area contributed by atoms with E-state index in [1.807, 2.05) is 58.0 Å². The van der Waals surface area contributed by atoms with E-state index in [-0.39, 0.29) is 11.7 Å². The van der Waals surface area contributed by atoms with Gasteiger partial charge in [-0.2, -0.15) is 0 Å². The molecule has 0 bridgehead atoms. The van der Waals surface area contributed by atoms with Crippen molar-refractivity contribution in [3.05, 3.63) is 35.9 Å². The van der Waals surface area contributed by atoms with E-state index >= 15 is 0 Å². The summed E-state index contributed by atoms with van der Waals surface area (Å²) >= 11 is 0. The molecule has 2 saturated heterocycles. The Labute approximate surface area is 137 Å². The summed E-state index contributed by atoms with van der Waals surface area (Å²) in [6.07, 6.45) is -0.884. The highest BCUT2D eigenvalue weighted by atomic mass is 16.7. The van der Waals surface area contributed by atoms with Crippen LogP contribution >= 0.6 is 0 Å². The Morgan fingerprint density at radius 3 is 2.22 bits per heavy atom. The zero-order valence-electron chi connectivity index (χ0n) is 14.2. The first-order chi connectivity index (χ1) is 10.7. The molecule has 0 radical (unpaired) electrons. The van der Waals surface area contributed by atoms with Gasteiger partial charge in [0.05, 0.1) is 11.2 Å². The molecule has 1 N–H and O–H groups in total. The normalized spacial score (nSPS) is 29.0. The second kappa shape index (κ2) is 5.53. The van der Waals surface area contributed by atoms with E-state index in [9.17, 15) is 9.90 Å². The maximum Gasteiger partial charge on any atom is 0.463 e. The van der Waals surface area contributed by atoms with Gasteiger partial charge in [0.25, 0.3) is 0 Å². The SMILES string of the molecule is CC1(C)OB(C2CN(C(=O)O)CC2c2ccccc2)OC1(C)C. The zero-order valence-corrected chi connectivity index (χ0v) is 14.2. The lowest BCUT2D eigenvalue weighted by Crippen LogP contribution is -2.41. The van der Waals surface area contributed by atoms with Crippen LogP contribution in [0.25, 0.3) is 0 Å². The fourth-order valence-corrected chi connectivity index (χ4v) is 3.38. The van der Waals surface area contributed by atoms with Crippen molar-refractivity contribution in [1.82, 2.24) is 4.90 Å². The number of hydrogen-bond acceptors (Lipinski definition) is 3. The number of amides is 1. The number of rotatable bonds is 2. The van der Waals surface area contributed by atoms with Gasteiger partial charge >= 0.3 is 13.2 Å². The van der Waals surface area contributed by atoms with Crippen LogP contribution in [0, 0.1) is 0 Å². The van der Waals surface area contributed by atoms with E-state index in [1.165, 1.54) is 4.90 Å². The molecule has 5 nitrogen and oxygen atoms in total. The molecule has 2 fully saturated rings. The molecular weight excluding hydrogens is 293 g/mol. The van der Waals surface area contributed by atoms with Gasteiger partial charge in [-0.05, 0) is 33.3 Å². The van der Waals surface area contributed by atoms with Crippen LogP contribution in [0.15, 0.2) is 30.3 Å². The number of hydrogen-bond donors (Lipinski definition) is 1. The predicted molar refractivity (Wildman–Crippen MR) is 88.6 cm³/mol. The molecule has 6 heteroatoms. The van der Waals surface area contributed by atoms with Crippen molar-refractivity contribution in [3.63, 3.8) is 0 Å². The lowest BCUT2D eigenvalue weighted by molar-refractivity contribution is 0.00578. The molecule has 2 aliphatic rings. The molecule has 0 aliphatic carbocycles. The monoisotopic (exact) mass is 317 g/mol. The number of benzene rings is 1. The molecule has 2 heterocycles. The maximum absolute atomic E-state index is 11.4. The van der Waals surface area contributed by atoms with Crippen LogP contribution in [0.4, 0.5) is 4.79 Å². The predicted octanol–water partition coefficient (Wildman–Crippen LogP) is 3.23. The minimum atomic E-state index is -0.884. The molecular formula is C17H24BNO4. The van der Waals surface area contributed by atoms with Gasteiger partial charge in [0.15, 0.2) is 0 Å². The molecule has 0 spiro atoms. The van der Waals surface area contributed by atoms with E-state index in [1.54, 1.807) is 0 Å². The van der Waals surface area contributed by atoms with Crippen molar-refractivity contribution in [1.29, 1.82) is 0 Å². The molecule has 23 heavy (non-hydrogen) atoms. The molecule has 124 valence electrons. The topological polar surface area (TPSA) is 59.0 Å². The van der Waals surface area contributed by atoms with E-state index in [4.69, 9.17) is 9.31 Å². The van der Waals surface area contributed by atoms with Gasteiger partial charge in [0, 0.05) is 24.8 Å². The van der Waals surface area contributed by atoms with Gasteiger partial charge in [0.2, 0.25) is 0 Å². The summed E-state index contributed by atoms with van der Waals surface area (Å²) in [4.78, 5) is 12.9. The van der Waals surface area contributed by atoms with E-state index in [0.717, 1.165) is 5.56 Å². The van der Waals surface area contributed by atoms with Crippen molar-refractivity contribution >= 4 is 13.2 Å². The Balaban J connectivity index is 1.88. The van der Waals surface area contributed by atoms with Crippen LogP contribution in [0.1, 0.15) is 39.2 Å². The van der Waals surface area contributed by atoms with Crippen molar-refractivity contribution < 1.29 is 19.2 Å². The van der Waals surface area contributed by atoms with Crippen molar-refractivity contribution in [2.45, 2.75) is 50.6 Å². The summed E-state index contributed by atoms with van der Waals surface area (Å²) in [5.41, 5.74) is 0.321. The Kier molecular flexibility index (Phi) is 3.93. The number of nitrogens with zero attached hydrogens (tertiary/aromatic N) is 1. The summed E-state index contributed by atoms with van der Waals surface area (Å²) in [5.74, 6) is 0.0801. The van der Waals surface area contributed by atoms with Gasteiger partial charge < -0.3 is 19.3 Å². The summed E-state index contributed by atoms with van der Waals surface area (Å²) in [6.45, 7) is 9.01.